The normalized spacial score (nSPS) is 10.6. The molecule has 0 aliphatic heterocycles. The highest BCUT2D eigenvalue weighted by molar-refractivity contribution is 5.84. The summed E-state index contributed by atoms with van der Waals surface area (Å²) in [4.78, 5) is 10.7. The molecular formula is C14H18N4O3. The van der Waals surface area contributed by atoms with E-state index in [1.165, 1.54) is 10.9 Å². The third-order valence-corrected chi connectivity index (χ3v) is 2.65. The van der Waals surface area contributed by atoms with E-state index in [-0.39, 0.29) is 11.8 Å². The van der Waals surface area contributed by atoms with Crippen LogP contribution in [0.25, 0.3) is 0 Å². The fraction of sp³-hybridized carbons (Fsp3) is 0.357. The van der Waals surface area contributed by atoms with Gasteiger partial charge in [0.05, 0.1) is 18.8 Å². The number of benzene rings is 1. The fourth-order valence-electron chi connectivity index (χ4n) is 1.74. The summed E-state index contributed by atoms with van der Waals surface area (Å²) >= 11 is 0. The summed E-state index contributed by atoms with van der Waals surface area (Å²) in [6.45, 7) is 5.11. The Morgan fingerprint density at radius 3 is 2.67 bits per heavy atom. The molecule has 2 aromatic rings. The van der Waals surface area contributed by atoms with Gasteiger partial charge in [-0.1, -0.05) is 5.21 Å². The van der Waals surface area contributed by atoms with Crippen LogP contribution in [0.15, 0.2) is 30.5 Å². The zero-order valence-corrected chi connectivity index (χ0v) is 12.0. The van der Waals surface area contributed by atoms with E-state index in [4.69, 9.17) is 9.84 Å². The lowest BCUT2D eigenvalue weighted by Crippen LogP contribution is -2.11. The van der Waals surface area contributed by atoms with Gasteiger partial charge in [-0.05, 0) is 38.1 Å². The number of carboxylic acid groups (broad SMARTS) is 1. The maximum absolute atomic E-state index is 10.7. The Morgan fingerprint density at radius 2 is 2.10 bits per heavy atom. The minimum Gasteiger partial charge on any atom is -0.491 e. The van der Waals surface area contributed by atoms with E-state index in [9.17, 15) is 4.79 Å². The molecule has 0 radical (unpaired) electrons. The van der Waals surface area contributed by atoms with Gasteiger partial charge in [-0.2, -0.15) is 0 Å². The van der Waals surface area contributed by atoms with E-state index < -0.39 is 5.97 Å². The van der Waals surface area contributed by atoms with Crippen molar-refractivity contribution in [3.05, 3.63) is 36.2 Å². The van der Waals surface area contributed by atoms with Crippen LogP contribution in [-0.4, -0.2) is 38.7 Å². The van der Waals surface area contributed by atoms with Crippen LogP contribution in [0.5, 0.6) is 5.75 Å². The molecule has 0 unspecified atom stereocenters. The monoisotopic (exact) mass is 290 g/mol. The number of anilines is 1. The van der Waals surface area contributed by atoms with Crippen LogP contribution >= 0.6 is 0 Å². The minimum absolute atomic E-state index is 0.0508. The van der Waals surface area contributed by atoms with Crippen LogP contribution in [0.1, 0.15) is 24.3 Å². The second-order valence-corrected chi connectivity index (χ2v) is 4.79. The lowest BCUT2D eigenvalue weighted by molar-refractivity contribution is 0.0690. The van der Waals surface area contributed by atoms with Gasteiger partial charge in [0, 0.05) is 12.2 Å². The van der Waals surface area contributed by atoms with E-state index in [1.54, 1.807) is 0 Å². The van der Waals surface area contributed by atoms with Crippen LogP contribution in [0.3, 0.4) is 0 Å². The van der Waals surface area contributed by atoms with Crippen molar-refractivity contribution in [3.8, 4) is 5.75 Å². The fourth-order valence-corrected chi connectivity index (χ4v) is 1.74. The molecule has 0 saturated heterocycles. The topological polar surface area (TPSA) is 89.3 Å². The minimum atomic E-state index is -1.07. The third-order valence-electron chi connectivity index (χ3n) is 2.65. The summed E-state index contributed by atoms with van der Waals surface area (Å²) in [5, 5.41) is 19.3. The molecule has 0 aliphatic rings. The molecule has 0 saturated carbocycles. The Kier molecular flexibility index (Phi) is 4.76. The van der Waals surface area contributed by atoms with Crippen molar-refractivity contribution < 1.29 is 14.6 Å². The van der Waals surface area contributed by atoms with Crippen LogP contribution in [-0.2, 0) is 6.54 Å². The summed E-state index contributed by atoms with van der Waals surface area (Å²) < 4.78 is 7.06. The molecule has 2 rings (SSSR count). The van der Waals surface area contributed by atoms with Crippen molar-refractivity contribution >= 4 is 11.7 Å². The highest BCUT2D eigenvalue weighted by atomic mass is 16.5. The molecule has 0 bridgehead atoms. The molecule has 21 heavy (non-hydrogen) atoms. The number of hydrogen-bond donors (Lipinski definition) is 2. The number of aromatic carboxylic acids is 1. The number of hydrogen-bond acceptors (Lipinski definition) is 5. The van der Waals surface area contributed by atoms with Gasteiger partial charge in [0.25, 0.3) is 0 Å². The van der Waals surface area contributed by atoms with E-state index in [0.717, 1.165) is 11.4 Å². The van der Waals surface area contributed by atoms with Crippen molar-refractivity contribution in [3.63, 3.8) is 0 Å². The summed E-state index contributed by atoms with van der Waals surface area (Å²) in [5.74, 6) is -0.243. The summed E-state index contributed by atoms with van der Waals surface area (Å²) in [7, 11) is 0. The molecule has 0 aliphatic carbocycles. The third kappa shape index (κ3) is 4.48. The smallest absolute Gasteiger partial charge is 0.358 e. The molecule has 1 aromatic carbocycles. The number of aromatic nitrogens is 3. The van der Waals surface area contributed by atoms with Gasteiger partial charge in [0.2, 0.25) is 0 Å². The average molecular weight is 290 g/mol. The Balaban J connectivity index is 1.81. The van der Waals surface area contributed by atoms with Gasteiger partial charge in [-0.25, -0.2) is 9.48 Å². The molecule has 1 aromatic heterocycles. The van der Waals surface area contributed by atoms with Gasteiger partial charge in [0.1, 0.15) is 5.75 Å². The van der Waals surface area contributed by atoms with Crippen molar-refractivity contribution in [2.24, 2.45) is 0 Å². The Morgan fingerprint density at radius 1 is 1.38 bits per heavy atom. The number of ether oxygens (including phenoxy) is 1. The van der Waals surface area contributed by atoms with E-state index >= 15 is 0 Å². The highest BCUT2D eigenvalue weighted by Crippen LogP contribution is 2.16. The Labute approximate surface area is 122 Å². The molecule has 7 nitrogen and oxygen atoms in total. The van der Waals surface area contributed by atoms with Crippen molar-refractivity contribution in [2.45, 2.75) is 26.5 Å². The Hall–Kier alpha value is -2.57. The predicted molar refractivity (Wildman–Crippen MR) is 77.7 cm³/mol. The first-order valence-electron chi connectivity index (χ1n) is 6.68. The van der Waals surface area contributed by atoms with Gasteiger partial charge < -0.3 is 15.2 Å². The SMILES string of the molecule is CC(C)Oc1ccc(NCCn2cc(C(=O)O)nn2)cc1. The van der Waals surface area contributed by atoms with Crippen molar-refractivity contribution in [1.82, 2.24) is 15.0 Å². The number of nitrogens with zero attached hydrogens (tertiary/aromatic N) is 3. The number of carbonyl (C=O) groups is 1. The van der Waals surface area contributed by atoms with Crippen molar-refractivity contribution in [2.75, 3.05) is 11.9 Å². The number of nitrogens with one attached hydrogen (secondary N) is 1. The quantitative estimate of drug-likeness (QED) is 0.809. The molecule has 0 amide bonds. The van der Waals surface area contributed by atoms with Gasteiger partial charge in [0.15, 0.2) is 5.69 Å². The van der Waals surface area contributed by atoms with Crippen LogP contribution in [0.2, 0.25) is 0 Å². The standard InChI is InChI=1S/C14H18N4O3/c1-10(2)21-12-5-3-11(4-6-12)15-7-8-18-9-13(14(19)20)16-17-18/h3-6,9-10,15H,7-8H2,1-2H3,(H,19,20). The van der Waals surface area contributed by atoms with Crippen LogP contribution < -0.4 is 10.1 Å². The molecule has 2 N–H and O–H groups in total. The molecular weight excluding hydrogens is 272 g/mol. The summed E-state index contributed by atoms with van der Waals surface area (Å²) in [5.41, 5.74) is 0.912. The second kappa shape index (κ2) is 6.74. The largest absolute Gasteiger partial charge is 0.491 e. The average Bonchev–Trinajstić information content (AvgIpc) is 2.89. The molecule has 0 spiro atoms. The Bertz CT molecular complexity index is 593. The van der Waals surface area contributed by atoms with Gasteiger partial charge in [-0.3, -0.25) is 0 Å². The van der Waals surface area contributed by atoms with E-state index in [0.29, 0.717) is 13.1 Å². The van der Waals surface area contributed by atoms with Gasteiger partial charge >= 0.3 is 5.97 Å². The summed E-state index contributed by atoms with van der Waals surface area (Å²) in [6.07, 6.45) is 1.56. The first kappa shape index (κ1) is 14.8. The molecule has 0 fully saturated rings. The predicted octanol–water partition coefficient (Wildman–Crippen LogP) is 1.88. The zero-order valence-electron chi connectivity index (χ0n) is 12.0. The lowest BCUT2D eigenvalue weighted by Gasteiger charge is -2.11. The van der Waals surface area contributed by atoms with Crippen LogP contribution in [0, 0.1) is 0 Å². The molecule has 112 valence electrons. The first-order valence-corrected chi connectivity index (χ1v) is 6.68. The summed E-state index contributed by atoms with van der Waals surface area (Å²) in [6, 6.07) is 7.67. The lowest BCUT2D eigenvalue weighted by atomic mass is 10.3. The van der Waals surface area contributed by atoms with Gasteiger partial charge in [-0.15, -0.1) is 5.10 Å². The van der Waals surface area contributed by atoms with Crippen LogP contribution in [0.4, 0.5) is 5.69 Å². The first-order chi connectivity index (χ1) is 10.0. The van der Waals surface area contributed by atoms with Crippen molar-refractivity contribution in [1.29, 1.82) is 0 Å². The second-order valence-electron chi connectivity index (χ2n) is 4.79. The number of carboxylic acids is 1. The molecule has 0 atom stereocenters. The van der Waals surface area contributed by atoms with E-state index in [2.05, 4.69) is 15.6 Å². The zero-order chi connectivity index (χ0) is 15.2. The van der Waals surface area contributed by atoms with E-state index in [1.807, 2.05) is 38.1 Å². The maximum atomic E-state index is 10.7. The molecule has 7 heteroatoms. The number of rotatable bonds is 7. The molecule has 1 heterocycles. The highest BCUT2D eigenvalue weighted by Gasteiger charge is 2.07. The maximum Gasteiger partial charge on any atom is 0.358 e.